The Labute approximate surface area is 103 Å². The molecule has 1 aromatic carbocycles. The number of rotatable bonds is 0. The third-order valence-electron chi connectivity index (χ3n) is 3.60. The molecular weight excluding hydrogens is 240 g/mol. The van der Waals surface area contributed by atoms with Crippen LogP contribution in [0.15, 0.2) is 18.2 Å². The fourth-order valence-electron chi connectivity index (χ4n) is 2.70. The summed E-state index contributed by atoms with van der Waals surface area (Å²) in [6.45, 7) is 1.87. The number of fused-ring (bicyclic) bond motifs is 3. The number of hydrogen-bond acceptors (Lipinski definition) is 2. The largest absolute Gasteiger partial charge is 0.346 e. The monoisotopic (exact) mass is 250 g/mol. The summed E-state index contributed by atoms with van der Waals surface area (Å²) in [4.78, 5) is 23.5. The highest BCUT2D eigenvalue weighted by atomic mass is 35.5. The van der Waals surface area contributed by atoms with Crippen molar-refractivity contribution >= 4 is 29.1 Å². The maximum Gasteiger partial charge on any atom is 0.230 e. The minimum Gasteiger partial charge on any atom is -0.346 e. The SMILES string of the molecule is C[C@]12NC(=O)C[C@H]1C(=O)Nc1ccc(Cl)cc12. The Balaban J connectivity index is 2.22. The maximum absolute atomic E-state index is 11.9. The molecular formula is C12H11ClN2O2. The van der Waals surface area contributed by atoms with E-state index in [1.54, 1.807) is 18.2 Å². The van der Waals surface area contributed by atoms with Crippen molar-refractivity contribution in [1.29, 1.82) is 0 Å². The van der Waals surface area contributed by atoms with Crippen molar-refractivity contribution < 1.29 is 9.59 Å². The van der Waals surface area contributed by atoms with Gasteiger partial charge in [0.2, 0.25) is 11.8 Å². The first kappa shape index (κ1) is 10.6. The minimum atomic E-state index is -0.639. The van der Waals surface area contributed by atoms with Crippen molar-refractivity contribution in [1.82, 2.24) is 5.32 Å². The molecule has 2 atom stereocenters. The molecule has 0 aliphatic carbocycles. The summed E-state index contributed by atoms with van der Waals surface area (Å²) in [5, 5.41) is 6.30. The van der Waals surface area contributed by atoms with Crippen LogP contribution in [-0.2, 0) is 15.1 Å². The molecule has 3 rings (SSSR count). The Hall–Kier alpha value is -1.55. The second-order valence-electron chi connectivity index (χ2n) is 4.69. The molecule has 1 aromatic rings. The topological polar surface area (TPSA) is 58.2 Å². The molecule has 1 saturated heterocycles. The van der Waals surface area contributed by atoms with Gasteiger partial charge in [-0.15, -0.1) is 0 Å². The van der Waals surface area contributed by atoms with E-state index in [-0.39, 0.29) is 24.2 Å². The van der Waals surface area contributed by atoms with Crippen LogP contribution in [0.4, 0.5) is 5.69 Å². The lowest BCUT2D eigenvalue weighted by atomic mass is 9.77. The molecule has 0 unspecified atom stereocenters. The van der Waals surface area contributed by atoms with Crippen molar-refractivity contribution in [2.75, 3.05) is 5.32 Å². The summed E-state index contributed by atoms with van der Waals surface area (Å²) in [6, 6.07) is 5.29. The predicted molar refractivity (Wildman–Crippen MR) is 63.7 cm³/mol. The summed E-state index contributed by atoms with van der Waals surface area (Å²) in [7, 11) is 0. The van der Waals surface area contributed by atoms with Gasteiger partial charge in [-0.1, -0.05) is 11.6 Å². The zero-order valence-corrected chi connectivity index (χ0v) is 9.97. The van der Waals surface area contributed by atoms with Crippen molar-refractivity contribution in [3.8, 4) is 0 Å². The van der Waals surface area contributed by atoms with E-state index in [4.69, 9.17) is 11.6 Å². The average molecular weight is 251 g/mol. The highest BCUT2D eigenvalue weighted by molar-refractivity contribution is 6.30. The van der Waals surface area contributed by atoms with E-state index >= 15 is 0 Å². The van der Waals surface area contributed by atoms with E-state index in [0.29, 0.717) is 5.02 Å². The minimum absolute atomic E-state index is 0.0968. The third-order valence-corrected chi connectivity index (χ3v) is 3.84. The molecule has 0 spiro atoms. The van der Waals surface area contributed by atoms with E-state index < -0.39 is 5.54 Å². The first-order chi connectivity index (χ1) is 8.00. The fraction of sp³-hybridized carbons (Fsp3) is 0.333. The number of benzene rings is 1. The number of carbonyl (C=O) groups excluding carboxylic acids is 2. The van der Waals surface area contributed by atoms with Gasteiger partial charge in [-0.2, -0.15) is 0 Å². The maximum atomic E-state index is 11.9. The molecule has 1 fully saturated rings. The molecule has 0 saturated carbocycles. The van der Waals surface area contributed by atoms with Crippen molar-refractivity contribution in [3.63, 3.8) is 0 Å². The molecule has 2 aliphatic rings. The molecule has 0 radical (unpaired) electrons. The number of nitrogens with one attached hydrogen (secondary N) is 2. The summed E-state index contributed by atoms with van der Waals surface area (Å²) < 4.78 is 0. The molecule has 2 heterocycles. The van der Waals surface area contributed by atoms with Gasteiger partial charge in [0.1, 0.15) is 0 Å². The smallest absolute Gasteiger partial charge is 0.230 e. The molecule has 17 heavy (non-hydrogen) atoms. The van der Waals surface area contributed by atoms with E-state index in [9.17, 15) is 9.59 Å². The molecule has 2 amide bonds. The second kappa shape index (κ2) is 3.23. The van der Waals surface area contributed by atoms with Gasteiger partial charge < -0.3 is 10.6 Å². The van der Waals surface area contributed by atoms with Gasteiger partial charge in [0.05, 0.1) is 11.5 Å². The first-order valence-electron chi connectivity index (χ1n) is 5.42. The molecule has 0 aromatic heterocycles. The van der Waals surface area contributed by atoms with Crippen LogP contribution in [-0.4, -0.2) is 11.8 Å². The van der Waals surface area contributed by atoms with Crippen LogP contribution in [0.1, 0.15) is 18.9 Å². The van der Waals surface area contributed by atoms with Crippen molar-refractivity contribution in [2.24, 2.45) is 5.92 Å². The van der Waals surface area contributed by atoms with Crippen LogP contribution in [0.3, 0.4) is 0 Å². The van der Waals surface area contributed by atoms with E-state index in [0.717, 1.165) is 11.3 Å². The molecule has 2 aliphatic heterocycles. The lowest BCUT2D eigenvalue weighted by molar-refractivity contribution is -0.123. The first-order valence-corrected chi connectivity index (χ1v) is 5.80. The van der Waals surface area contributed by atoms with E-state index in [1.165, 1.54) is 0 Å². The highest BCUT2D eigenvalue weighted by Crippen LogP contribution is 2.44. The fourth-order valence-corrected chi connectivity index (χ4v) is 2.87. The Kier molecular flexibility index (Phi) is 2.01. The summed E-state index contributed by atoms with van der Waals surface area (Å²) in [6.07, 6.45) is 0.230. The number of halogens is 1. The number of hydrogen-bond donors (Lipinski definition) is 2. The second-order valence-corrected chi connectivity index (χ2v) is 5.12. The highest BCUT2D eigenvalue weighted by Gasteiger charge is 2.51. The lowest BCUT2D eigenvalue weighted by Crippen LogP contribution is -2.48. The molecule has 0 bridgehead atoms. The Bertz CT molecular complexity index is 543. The van der Waals surface area contributed by atoms with Gasteiger partial charge in [0, 0.05) is 22.7 Å². The van der Waals surface area contributed by atoms with Gasteiger partial charge in [0.15, 0.2) is 0 Å². The number of amides is 2. The summed E-state index contributed by atoms with van der Waals surface area (Å²) in [5.74, 6) is -0.567. The summed E-state index contributed by atoms with van der Waals surface area (Å²) in [5.41, 5.74) is 0.959. The van der Waals surface area contributed by atoms with Gasteiger partial charge in [-0.05, 0) is 25.1 Å². The Morgan fingerprint density at radius 2 is 2.18 bits per heavy atom. The predicted octanol–water partition coefficient (Wildman–Crippen LogP) is 1.64. The van der Waals surface area contributed by atoms with Crippen LogP contribution in [0.25, 0.3) is 0 Å². The number of anilines is 1. The lowest BCUT2D eigenvalue weighted by Gasteiger charge is -2.36. The van der Waals surface area contributed by atoms with Crippen LogP contribution in [0.2, 0.25) is 5.02 Å². The van der Waals surface area contributed by atoms with Crippen molar-refractivity contribution in [2.45, 2.75) is 18.9 Å². The van der Waals surface area contributed by atoms with Crippen LogP contribution in [0, 0.1) is 5.92 Å². The Morgan fingerprint density at radius 1 is 1.41 bits per heavy atom. The molecule has 2 N–H and O–H groups in total. The third kappa shape index (κ3) is 1.37. The molecule has 5 heteroatoms. The molecule has 88 valence electrons. The van der Waals surface area contributed by atoms with Crippen LogP contribution >= 0.6 is 11.6 Å². The van der Waals surface area contributed by atoms with E-state index in [1.807, 2.05) is 6.92 Å². The van der Waals surface area contributed by atoms with Gasteiger partial charge in [-0.3, -0.25) is 9.59 Å². The molecule has 4 nitrogen and oxygen atoms in total. The van der Waals surface area contributed by atoms with Crippen molar-refractivity contribution in [3.05, 3.63) is 28.8 Å². The quantitative estimate of drug-likeness (QED) is 0.736. The van der Waals surface area contributed by atoms with Gasteiger partial charge in [-0.25, -0.2) is 0 Å². The Morgan fingerprint density at radius 3 is 2.94 bits per heavy atom. The van der Waals surface area contributed by atoms with Crippen LogP contribution < -0.4 is 10.6 Å². The van der Waals surface area contributed by atoms with Crippen LogP contribution in [0.5, 0.6) is 0 Å². The van der Waals surface area contributed by atoms with Gasteiger partial charge >= 0.3 is 0 Å². The van der Waals surface area contributed by atoms with E-state index in [2.05, 4.69) is 10.6 Å². The summed E-state index contributed by atoms with van der Waals surface area (Å²) >= 11 is 5.98. The zero-order valence-electron chi connectivity index (χ0n) is 9.21. The van der Waals surface area contributed by atoms with Gasteiger partial charge in [0.25, 0.3) is 0 Å². The zero-order chi connectivity index (χ0) is 12.2. The normalized spacial score (nSPS) is 30.4. The average Bonchev–Trinajstić information content (AvgIpc) is 2.57. The standard InChI is InChI=1S/C12H11ClN2O2/c1-12-7-4-6(13)2-3-9(7)14-11(17)8(12)5-10(16)15-12/h2-4,8H,5H2,1H3,(H,14,17)(H,15,16)/t8-,12+/m0/s1. The number of carbonyl (C=O) groups is 2.